The van der Waals surface area contributed by atoms with Gasteiger partial charge in [0, 0.05) is 17.6 Å². The van der Waals surface area contributed by atoms with Gasteiger partial charge in [-0.2, -0.15) is 0 Å². The molecule has 0 radical (unpaired) electrons. The summed E-state index contributed by atoms with van der Waals surface area (Å²) in [6, 6.07) is 8.84. The van der Waals surface area contributed by atoms with Crippen molar-refractivity contribution in [3.8, 4) is 0 Å². The van der Waals surface area contributed by atoms with Crippen molar-refractivity contribution < 1.29 is 4.74 Å². The van der Waals surface area contributed by atoms with Gasteiger partial charge in [0.05, 0.1) is 5.60 Å². The highest BCUT2D eigenvalue weighted by atomic mass is 79.9. The Kier molecular flexibility index (Phi) is 7.05. The first kappa shape index (κ1) is 16.7. The number of hydrogen-bond donors (Lipinski definition) is 1. The normalized spacial score (nSPS) is 13.5. The van der Waals surface area contributed by atoms with Crippen LogP contribution >= 0.6 is 15.9 Å². The van der Waals surface area contributed by atoms with Gasteiger partial charge in [-0.05, 0) is 51.3 Å². The summed E-state index contributed by atoms with van der Waals surface area (Å²) in [5, 5.41) is 3.64. The molecular formula is C16H26BrNO. The Hall–Kier alpha value is -0.380. The minimum atomic E-state index is -0.0621. The van der Waals surface area contributed by atoms with Crippen molar-refractivity contribution in [2.24, 2.45) is 0 Å². The van der Waals surface area contributed by atoms with Gasteiger partial charge in [0.1, 0.15) is 0 Å². The SMILES string of the molecule is CCCNC(CCC(C)(C)OC)c1ccccc1Br. The van der Waals surface area contributed by atoms with Crippen LogP contribution in [0.1, 0.15) is 51.6 Å². The van der Waals surface area contributed by atoms with Gasteiger partial charge < -0.3 is 10.1 Å². The topological polar surface area (TPSA) is 21.3 Å². The fourth-order valence-corrected chi connectivity index (χ4v) is 2.60. The fraction of sp³-hybridized carbons (Fsp3) is 0.625. The fourth-order valence-electron chi connectivity index (χ4n) is 2.04. The zero-order valence-corrected chi connectivity index (χ0v) is 14.1. The van der Waals surface area contributed by atoms with Crippen molar-refractivity contribution in [1.82, 2.24) is 5.32 Å². The number of hydrogen-bond acceptors (Lipinski definition) is 2. The minimum Gasteiger partial charge on any atom is -0.379 e. The third-order valence-electron chi connectivity index (χ3n) is 3.51. The molecule has 1 unspecified atom stereocenters. The molecule has 0 aliphatic carbocycles. The molecule has 0 aliphatic rings. The van der Waals surface area contributed by atoms with Crippen molar-refractivity contribution in [2.45, 2.75) is 51.7 Å². The van der Waals surface area contributed by atoms with E-state index in [-0.39, 0.29) is 5.60 Å². The molecule has 0 spiro atoms. The Morgan fingerprint density at radius 3 is 2.58 bits per heavy atom. The lowest BCUT2D eigenvalue weighted by Crippen LogP contribution is -2.28. The van der Waals surface area contributed by atoms with Crippen LogP contribution < -0.4 is 5.32 Å². The molecule has 0 saturated heterocycles. The highest BCUT2D eigenvalue weighted by molar-refractivity contribution is 9.10. The van der Waals surface area contributed by atoms with Crippen LogP contribution in [0.3, 0.4) is 0 Å². The summed E-state index contributed by atoms with van der Waals surface area (Å²) in [4.78, 5) is 0. The van der Waals surface area contributed by atoms with E-state index < -0.39 is 0 Å². The van der Waals surface area contributed by atoms with E-state index in [0.717, 1.165) is 25.8 Å². The van der Waals surface area contributed by atoms with E-state index in [1.165, 1.54) is 10.0 Å². The van der Waals surface area contributed by atoms with E-state index in [4.69, 9.17) is 4.74 Å². The highest BCUT2D eigenvalue weighted by Crippen LogP contribution is 2.29. The molecule has 0 saturated carbocycles. The molecule has 0 heterocycles. The van der Waals surface area contributed by atoms with Gasteiger partial charge in [-0.1, -0.05) is 41.1 Å². The van der Waals surface area contributed by atoms with Gasteiger partial charge in [-0.3, -0.25) is 0 Å². The predicted octanol–water partition coefficient (Wildman–Crippen LogP) is 4.70. The lowest BCUT2D eigenvalue weighted by Gasteiger charge is -2.27. The zero-order chi connectivity index (χ0) is 14.3. The maximum atomic E-state index is 5.52. The van der Waals surface area contributed by atoms with Crippen LogP contribution in [0.15, 0.2) is 28.7 Å². The lowest BCUT2D eigenvalue weighted by molar-refractivity contribution is 0.0116. The maximum absolute atomic E-state index is 5.52. The average Bonchev–Trinajstić information content (AvgIpc) is 2.40. The van der Waals surface area contributed by atoms with Crippen LogP contribution in [-0.4, -0.2) is 19.3 Å². The van der Waals surface area contributed by atoms with Crippen molar-refractivity contribution in [3.63, 3.8) is 0 Å². The lowest BCUT2D eigenvalue weighted by atomic mass is 9.95. The first-order chi connectivity index (χ1) is 9.00. The first-order valence-corrected chi connectivity index (χ1v) is 7.82. The highest BCUT2D eigenvalue weighted by Gasteiger charge is 2.20. The summed E-state index contributed by atoms with van der Waals surface area (Å²) in [6.07, 6.45) is 3.25. The van der Waals surface area contributed by atoms with E-state index in [1.807, 2.05) is 0 Å². The smallest absolute Gasteiger partial charge is 0.0623 e. The van der Waals surface area contributed by atoms with Gasteiger partial charge in [0.25, 0.3) is 0 Å². The molecule has 1 aromatic carbocycles. The van der Waals surface area contributed by atoms with Gasteiger partial charge in [-0.15, -0.1) is 0 Å². The monoisotopic (exact) mass is 327 g/mol. The number of methoxy groups -OCH3 is 1. The van der Waals surface area contributed by atoms with Crippen LogP contribution in [0.2, 0.25) is 0 Å². The Balaban J connectivity index is 2.75. The second kappa shape index (κ2) is 8.03. The molecule has 1 N–H and O–H groups in total. The molecule has 1 aromatic rings. The number of benzene rings is 1. The van der Waals surface area contributed by atoms with Gasteiger partial charge in [0.2, 0.25) is 0 Å². The maximum Gasteiger partial charge on any atom is 0.0623 e. The van der Waals surface area contributed by atoms with Gasteiger partial charge in [0.15, 0.2) is 0 Å². The molecule has 0 bridgehead atoms. The molecule has 19 heavy (non-hydrogen) atoms. The molecule has 1 atom stereocenters. The third-order valence-corrected chi connectivity index (χ3v) is 4.23. The second-order valence-electron chi connectivity index (χ2n) is 5.53. The molecule has 3 heteroatoms. The van der Waals surface area contributed by atoms with E-state index in [2.05, 4.69) is 66.3 Å². The van der Waals surface area contributed by atoms with Crippen molar-refractivity contribution >= 4 is 15.9 Å². The van der Waals surface area contributed by atoms with Crippen molar-refractivity contribution in [3.05, 3.63) is 34.3 Å². The second-order valence-corrected chi connectivity index (χ2v) is 6.39. The quantitative estimate of drug-likeness (QED) is 0.747. The summed E-state index contributed by atoms with van der Waals surface area (Å²) >= 11 is 3.66. The van der Waals surface area contributed by atoms with Crippen LogP contribution in [0.4, 0.5) is 0 Å². The minimum absolute atomic E-state index is 0.0621. The molecule has 108 valence electrons. The summed E-state index contributed by atoms with van der Waals surface area (Å²) in [6.45, 7) is 7.52. The van der Waals surface area contributed by atoms with Gasteiger partial charge >= 0.3 is 0 Å². The molecule has 0 amide bonds. The number of ether oxygens (including phenoxy) is 1. The molecule has 0 fully saturated rings. The van der Waals surface area contributed by atoms with Crippen molar-refractivity contribution in [2.75, 3.05) is 13.7 Å². The van der Waals surface area contributed by atoms with Gasteiger partial charge in [-0.25, -0.2) is 0 Å². The summed E-state index contributed by atoms with van der Waals surface area (Å²) in [5.41, 5.74) is 1.27. The van der Waals surface area contributed by atoms with Crippen LogP contribution in [0.25, 0.3) is 0 Å². The third kappa shape index (κ3) is 5.64. The largest absolute Gasteiger partial charge is 0.379 e. The van der Waals surface area contributed by atoms with Crippen LogP contribution in [0, 0.1) is 0 Å². The standard InChI is InChI=1S/C16H26BrNO/c1-5-12-18-15(10-11-16(2,3)19-4)13-8-6-7-9-14(13)17/h6-9,15,18H,5,10-12H2,1-4H3. The van der Waals surface area contributed by atoms with E-state index >= 15 is 0 Å². The molecular weight excluding hydrogens is 302 g/mol. The van der Waals surface area contributed by atoms with Crippen LogP contribution in [-0.2, 0) is 4.74 Å². The Bertz CT molecular complexity index is 379. The van der Waals surface area contributed by atoms with Crippen molar-refractivity contribution in [1.29, 1.82) is 0 Å². The number of nitrogens with one attached hydrogen (secondary N) is 1. The molecule has 2 nitrogen and oxygen atoms in total. The Morgan fingerprint density at radius 1 is 1.32 bits per heavy atom. The van der Waals surface area contributed by atoms with E-state index in [1.54, 1.807) is 7.11 Å². The van der Waals surface area contributed by atoms with Crippen LogP contribution in [0.5, 0.6) is 0 Å². The molecule has 0 aliphatic heterocycles. The molecule has 0 aromatic heterocycles. The molecule has 1 rings (SSSR count). The Morgan fingerprint density at radius 2 is 2.00 bits per heavy atom. The van der Waals surface area contributed by atoms with E-state index in [0.29, 0.717) is 6.04 Å². The first-order valence-electron chi connectivity index (χ1n) is 7.03. The van der Waals surface area contributed by atoms with E-state index in [9.17, 15) is 0 Å². The summed E-state index contributed by atoms with van der Waals surface area (Å²) in [7, 11) is 1.78. The Labute approximate surface area is 126 Å². The predicted molar refractivity (Wildman–Crippen MR) is 85.5 cm³/mol. The number of halogens is 1. The number of rotatable bonds is 8. The zero-order valence-electron chi connectivity index (χ0n) is 12.5. The average molecular weight is 328 g/mol. The summed E-state index contributed by atoms with van der Waals surface area (Å²) < 4.78 is 6.70. The summed E-state index contributed by atoms with van der Waals surface area (Å²) in [5.74, 6) is 0.